The molecule has 2 fully saturated rings. The Morgan fingerprint density at radius 2 is 1.63 bits per heavy atom. The molecule has 38 heavy (non-hydrogen) atoms. The molecule has 3 aromatic rings. The Labute approximate surface area is 237 Å². The molecule has 5 unspecified atom stereocenters. The minimum absolute atomic E-state index is 0.0470. The minimum Gasteiger partial charge on any atom is -0.351 e. The number of nitrogens with zero attached hydrogens (tertiary/aromatic N) is 1. The monoisotopic (exact) mass is 551 g/mol. The molecular weight excluding hydrogens is 513 g/mol. The smallest absolute Gasteiger partial charge is 0.253 e. The summed E-state index contributed by atoms with van der Waals surface area (Å²) in [4.78, 5) is 13.4. The van der Waals surface area contributed by atoms with E-state index in [1.165, 1.54) is 32.1 Å². The molecule has 5 rings (SSSR count). The van der Waals surface area contributed by atoms with Crippen molar-refractivity contribution >= 4 is 29.1 Å². The standard InChI is InChI=1S/C32H39Cl2N3O/c1-4-23-17-22-15-20(2)16-25(18-22)30(23)35-13-14-36-32(38)29-19-37(28-11-9-27(34)10-12-28)31(21(29)3)24-5-7-26(33)8-6-24/h5-12,19-20,22-23,25,30,35H,4,13-18H2,1-3H3,(H,36,38). The van der Waals surface area contributed by atoms with Crippen molar-refractivity contribution in [3.63, 3.8) is 0 Å². The van der Waals surface area contributed by atoms with E-state index >= 15 is 0 Å². The van der Waals surface area contributed by atoms with E-state index < -0.39 is 0 Å². The van der Waals surface area contributed by atoms with Crippen molar-refractivity contribution in [2.75, 3.05) is 13.1 Å². The van der Waals surface area contributed by atoms with Crippen molar-refractivity contribution in [2.45, 2.75) is 58.9 Å². The van der Waals surface area contributed by atoms with Crippen molar-refractivity contribution in [1.29, 1.82) is 0 Å². The number of hydrogen-bond donors (Lipinski definition) is 2. The molecule has 0 aliphatic heterocycles. The number of fused-ring (bicyclic) bond motifs is 2. The van der Waals surface area contributed by atoms with Crippen LogP contribution in [-0.2, 0) is 0 Å². The molecule has 0 saturated heterocycles. The largest absolute Gasteiger partial charge is 0.351 e. The maximum atomic E-state index is 13.4. The third-order valence-electron chi connectivity index (χ3n) is 8.77. The van der Waals surface area contributed by atoms with E-state index in [4.69, 9.17) is 23.2 Å². The molecule has 6 heteroatoms. The van der Waals surface area contributed by atoms with Crippen LogP contribution in [0.25, 0.3) is 16.9 Å². The zero-order chi connectivity index (χ0) is 26.8. The predicted molar refractivity (Wildman–Crippen MR) is 158 cm³/mol. The van der Waals surface area contributed by atoms with Crippen LogP contribution in [0.5, 0.6) is 0 Å². The number of halogens is 2. The van der Waals surface area contributed by atoms with Gasteiger partial charge in [0.05, 0.1) is 11.3 Å². The minimum atomic E-state index is -0.0470. The predicted octanol–water partition coefficient (Wildman–Crippen LogP) is 7.93. The summed E-state index contributed by atoms with van der Waals surface area (Å²) in [6.07, 6.45) is 8.63. The second kappa shape index (κ2) is 11.9. The molecule has 2 bridgehead atoms. The number of benzene rings is 2. The number of carbonyl (C=O) groups excluding carboxylic acids is 1. The highest BCUT2D eigenvalue weighted by atomic mass is 35.5. The van der Waals surface area contributed by atoms with E-state index in [0.717, 1.165) is 52.7 Å². The normalized spacial score (nSPS) is 24.8. The van der Waals surface area contributed by atoms with Crippen LogP contribution in [0.3, 0.4) is 0 Å². The topological polar surface area (TPSA) is 46.1 Å². The first-order chi connectivity index (χ1) is 18.3. The highest BCUT2D eigenvalue weighted by molar-refractivity contribution is 6.30. The van der Waals surface area contributed by atoms with Gasteiger partial charge in [0.15, 0.2) is 0 Å². The maximum Gasteiger partial charge on any atom is 0.253 e. The number of hydrogen-bond acceptors (Lipinski definition) is 2. The lowest BCUT2D eigenvalue weighted by molar-refractivity contribution is 0.0612. The lowest BCUT2D eigenvalue weighted by atomic mass is 9.62. The fourth-order valence-corrected chi connectivity index (χ4v) is 7.36. The van der Waals surface area contributed by atoms with Gasteiger partial charge in [0.2, 0.25) is 0 Å². The molecule has 0 spiro atoms. The first-order valence-corrected chi connectivity index (χ1v) is 14.8. The molecule has 1 amide bonds. The van der Waals surface area contributed by atoms with Gasteiger partial charge in [-0.3, -0.25) is 4.79 Å². The lowest BCUT2D eigenvalue weighted by Gasteiger charge is -2.47. The number of rotatable bonds is 8. The highest BCUT2D eigenvalue weighted by Gasteiger charge is 2.40. The zero-order valence-corrected chi connectivity index (χ0v) is 24.2. The van der Waals surface area contributed by atoms with Crippen LogP contribution in [0.4, 0.5) is 0 Å². The number of aromatic nitrogens is 1. The summed E-state index contributed by atoms with van der Waals surface area (Å²) in [6.45, 7) is 8.16. The Hall–Kier alpha value is -2.27. The molecule has 1 heterocycles. The van der Waals surface area contributed by atoms with Crippen LogP contribution in [0.1, 0.15) is 61.9 Å². The highest BCUT2D eigenvalue weighted by Crippen LogP contribution is 2.45. The van der Waals surface area contributed by atoms with Crippen LogP contribution in [0.2, 0.25) is 10.0 Å². The Bertz CT molecular complexity index is 1250. The van der Waals surface area contributed by atoms with E-state index in [2.05, 4.69) is 29.0 Å². The van der Waals surface area contributed by atoms with Gasteiger partial charge < -0.3 is 15.2 Å². The van der Waals surface area contributed by atoms with E-state index in [-0.39, 0.29) is 5.91 Å². The van der Waals surface area contributed by atoms with E-state index in [1.807, 2.05) is 61.7 Å². The Balaban J connectivity index is 1.30. The van der Waals surface area contributed by atoms with Gasteiger partial charge in [0.25, 0.3) is 5.91 Å². The fourth-order valence-electron chi connectivity index (χ4n) is 7.11. The SMILES string of the molecule is CCC1CC2CC(C)CC(C2)C1NCCNC(=O)c1cn(-c2ccc(Cl)cc2)c(-c2ccc(Cl)cc2)c1C. The number of nitrogens with one attached hydrogen (secondary N) is 2. The van der Waals surface area contributed by atoms with E-state index in [1.54, 1.807) is 0 Å². The molecule has 2 aromatic carbocycles. The fraction of sp³-hybridized carbons (Fsp3) is 0.469. The second-order valence-electron chi connectivity index (χ2n) is 11.4. The van der Waals surface area contributed by atoms with Crippen LogP contribution in [0.15, 0.2) is 54.7 Å². The molecular formula is C32H39Cl2N3O. The summed E-state index contributed by atoms with van der Waals surface area (Å²) in [6, 6.07) is 16.0. The average Bonchev–Trinajstić information content (AvgIpc) is 3.24. The van der Waals surface area contributed by atoms with Gasteiger partial charge in [0, 0.05) is 41.1 Å². The average molecular weight is 553 g/mol. The molecule has 2 aliphatic carbocycles. The summed E-state index contributed by atoms with van der Waals surface area (Å²) in [7, 11) is 0. The van der Waals surface area contributed by atoms with Gasteiger partial charge in [-0.15, -0.1) is 0 Å². The number of carbonyl (C=O) groups is 1. The van der Waals surface area contributed by atoms with Gasteiger partial charge in [-0.25, -0.2) is 0 Å². The van der Waals surface area contributed by atoms with Crippen molar-refractivity contribution in [2.24, 2.45) is 23.7 Å². The molecule has 1 aromatic heterocycles. The second-order valence-corrected chi connectivity index (χ2v) is 12.3. The summed E-state index contributed by atoms with van der Waals surface area (Å²) < 4.78 is 2.07. The van der Waals surface area contributed by atoms with Crippen molar-refractivity contribution < 1.29 is 4.79 Å². The van der Waals surface area contributed by atoms with Crippen molar-refractivity contribution in [3.8, 4) is 16.9 Å². The summed E-state index contributed by atoms with van der Waals surface area (Å²) in [5.41, 5.74) is 4.55. The molecule has 0 radical (unpaired) electrons. The van der Waals surface area contributed by atoms with E-state index in [9.17, 15) is 4.79 Å². The third-order valence-corrected chi connectivity index (χ3v) is 9.27. The maximum absolute atomic E-state index is 13.4. The van der Waals surface area contributed by atoms with Gasteiger partial charge in [-0.05, 0) is 104 Å². The van der Waals surface area contributed by atoms with Crippen LogP contribution in [-0.4, -0.2) is 29.6 Å². The zero-order valence-electron chi connectivity index (χ0n) is 22.6. The van der Waals surface area contributed by atoms with Crippen LogP contribution >= 0.6 is 23.2 Å². The van der Waals surface area contributed by atoms with Crippen molar-refractivity contribution in [1.82, 2.24) is 15.2 Å². The summed E-state index contributed by atoms with van der Waals surface area (Å²) >= 11 is 12.3. The van der Waals surface area contributed by atoms with Crippen molar-refractivity contribution in [3.05, 3.63) is 75.9 Å². The van der Waals surface area contributed by atoms with Gasteiger partial charge in [-0.1, -0.05) is 55.6 Å². The first-order valence-electron chi connectivity index (χ1n) is 14.1. The Morgan fingerprint density at radius 3 is 2.32 bits per heavy atom. The molecule has 4 nitrogen and oxygen atoms in total. The lowest BCUT2D eigenvalue weighted by Crippen LogP contribution is -2.51. The Kier molecular flexibility index (Phi) is 8.52. The summed E-state index contributed by atoms with van der Waals surface area (Å²) in [5.74, 6) is 3.22. The molecule has 202 valence electrons. The molecule has 5 atom stereocenters. The third kappa shape index (κ3) is 5.83. The van der Waals surface area contributed by atoms with Gasteiger partial charge >= 0.3 is 0 Å². The van der Waals surface area contributed by atoms with Crippen LogP contribution in [0, 0.1) is 30.6 Å². The summed E-state index contributed by atoms with van der Waals surface area (Å²) in [5, 5.41) is 8.40. The van der Waals surface area contributed by atoms with Gasteiger partial charge in [0.1, 0.15) is 0 Å². The molecule has 2 saturated carbocycles. The molecule has 2 aliphatic rings. The molecule has 2 N–H and O–H groups in total. The first kappa shape index (κ1) is 27.3. The van der Waals surface area contributed by atoms with E-state index in [0.29, 0.717) is 28.2 Å². The van der Waals surface area contributed by atoms with Crippen LogP contribution < -0.4 is 10.6 Å². The Morgan fingerprint density at radius 1 is 0.947 bits per heavy atom. The quantitative estimate of drug-likeness (QED) is 0.279. The van der Waals surface area contributed by atoms with Gasteiger partial charge in [-0.2, -0.15) is 0 Å². The number of amides is 1.